The molecule has 1 aliphatic heterocycles. The SMILES string of the molecule is COc1ccc2c(c1)CCC(C(Cc1ccccc1)C1OCCO1)C2CN. The summed E-state index contributed by atoms with van der Waals surface area (Å²) in [7, 11) is 1.72. The van der Waals surface area contributed by atoms with Crippen molar-refractivity contribution in [3.8, 4) is 5.75 Å². The van der Waals surface area contributed by atoms with Gasteiger partial charge in [0.2, 0.25) is 0 Å². The zero-order valence-corrected chi connectivity index (χ0v) is 16.0. The van der Waals surface area contributed by atoms with Crippen LogP contribution in [0.3, 0.4) is 0 Å². The highest BCUT2D eigenvalue weighted by molar-refractivity contribution is 5.40. The minimum Gasteiger partial charge on any atom is -0.497 e. The third-order valence-electron chi connectivity index (χ3n) is 6.13. The molecule has 1 fully saturated rings. The summed E-state index contributed by atoms with van der Waals surface area (Å²) >= 11 is 0. The summed E-state index contributed by atoms with van der Waals surface area (Å²) in [5.74, 6) is 1.99. The van der Waals surface area contributed by atoms with Gasteiger partial charge in [-0.3, -0.25) is 0 Å². The molecule has 27 heavy (non-hydrogen) atoms. The first-order valence-electron chi connectivity index (χ1n) is 9.94. The van der Waals surface area contributed by atoms with Gasteiger partial charge in [-0.15, -0.1) is 0 Å². The van der Waals surface area contributed by atoms with E-state index in [0.29, 0.717) is 37.5 Å². The smallest absolute Gasteiger partial charge is 0.161 e. The lowest BCUT2D eigenvalue weighted by molar-refractivity contribution is -0.104. The first-order chi connectivity index (χ1) is 13.3. The van der Waals surface area contributed by atoms with E-state index < -0.39 is 0 Å². The summed E-state index contributed by atoms with van der Waals surface area (Å²) in [6, 6.07) is 17.1. The van der Waals surface area contributed by atoms with Crippen molar-refractivity contribution in [1.29, 1.82) is 0 Å². The van der Waals surface area contributed by atoms with E-state index in [1.54, 1.807) is 7.11 Å². The Bertz CT molecular complexity index is 743. The lowest BCUT2D eigenvalue weighted by atomic mass is 9.68. The second-order valence-electron chi connectivity index (χ2n) is 7.57. The number of hydrogen-bond donors (Lipinski definition) is 1. The summed E-state index contributed by atoms with van der Waals surface area (Å²) in [6.45, 7) is 2.01. The van der Waals surface area contributed by atoms with Gasteiger partial charge < -0.3 is 19.9 Å². The number of aryl methyl sites for hydroxylation is 1. The quantitative estimate of drug-likeness (QED) is 0.849. The summed E-state index contributed by atoms with van der Waals surface area (Å²) in [5.41, 5.74) is 10.4. The van der Waals surface area contributed by atoms with Gasteiger partial charge in [0, 0.05) is 5.92 Å². The zero-order valence-electron chi connectivity index (χ0n) is 16.0. The molecule has 4 nitrogen and oxygen atoms in total. The fourth-order valence-corrected chi connectivity index (χ4v) is 4.82. The van der Waals surface area contributed by atoms with E-state index in [0.717, 1.165) is 25.0 Å². The van der Waals surface area contributed by atoms with Gasteiger partial charge in [0.05, 0.1) is 20.3 Å². The van der Waals surface area contributed by atoms with Crippen LogP contribution in [0.1, 0.15) is 29.0 Å². The van der Waals surface area contributed by atoms with Crippen LogP contribution in [0, 0.1) is 11.8 Å². The maximum absolute atomic E-state index is 6.30. The van der Waals surface area contributed by atoms with Crippen molar-refractivity contribution in [2.75, 3.05) is 26.9 Å². The van der Waals surface area contributed by atoms with Crippen LogP contribution < -0.4 is 10.5 Å². The normalized spacial score (nSPS) is 23.8. The van der Waals surface area contributed by atoms with E-state index in [1.807, 2.05) is 0 Å². The minimum atomic E-state index is -0.135. The summed E-state index contributed by atoms with van der Waals surface area (Å²) in [4.78, 5) is 0. The molecule has 4 rings (SSSR count). The highest BCUT2D eigenvalue weighted by Gasteiger charge is 2.40. The van der Waals surface area contributed by atoms with E-state index >= 15 is 0 Å². The molecular weight excluding hydrogens is 338 g/mol. The molecule has 2 aliphatic rings. The number of rotatable bonds is 6. The van der Waals surface area contributed by atoms with Crippen LogP contribution in [0.25, 0.3) is 0 Å². The molecule has 0 saturated carbocycles. The molecule has 3 atom stereocenters. The highest BCUT2D eigenvalue weighted by atomic mass is 16.7. The van der Waals surface area contributed by atoms with Crippen molar-refractivity contribution < 1.29 is 14.2 Å². The van der Waals surface area contributed by atoms with E-state index in [1.165, 1.54) is 16.7 Å². The lowest BCUT2D eigenvalue weighted by Gasteiger charge is -2.40. The van der Waals surface area contributed by atoms with Gasteiger partial charge in [-0.2, -0.15) is 0 Å². The predicted molar refractivity (Wildman–Crippen MR) is 106 cm³/mol. The van der Waals surface area contributed by atoms with E-state index in [9.17, 15) is 0 Å². The highest BCUT2D eigenvalue weighted by Crippen LogP contribution is 2.44. The molecule has 1 saturated heterocycles. The third-order valence-corrected chi connectivity index (χ3v) is 6.13. The second kappa shape index (κ2) is 8.42. The number of hydrogen-bond acceptors (Lipinski definition) is 4. The van der Waals surface area contributed by atoms with Crippen molar-refractivity contribution in [2.24, 2.45) is 17.6 Å². The first-order valence-corrected chi connectivity index (χ1v) is 9.94. The Morgan fingerprint density at radius 1 is 1.11 bits per heavy atom. The monoisotopic (exact) mass is 367 g/mol. The van der Waals surface area contributed by atoms with Crippen LogP contribution in [0.5, 0.6) is 5.75 Å². The lowest BCUT2D eigenvalue weighted by Crippen LogP contribution is -2.39. The topological polar surface area (TPSA) is 53.7 Å². The molecule has 0 amide bonds. The number of nitrogens with two attached hydrogens (primary N) is 1. The van der Waals surface area contributed by atoms with Gasteiger partial charge in [-0.1, -0.05) is 36.4 Å². The maximum atomic E-state index is 6.30. The Morgan fingerprint density at radius 3 is 2.59 bits per heavy atom. The second-order valence-corrected chi connectivity index (χ2v) is 7.57. The maximum Gasteiger partial charge on any atom is 0.161 e. The Labute approximate surface area is 161 Å². The van der Waals surface area contributed by atoms with Gasteiger partial charge >= 0.3 is 0 Å². The standard InChI is InChI=1S/C23H29NO3/c1-25-18-8-10-19-17(14-18)7-9-20(22(19)15-24)21(23-26-11-12-27-23)13-16-5-3-2-4-6-16/h2-6,8,10,14,20-23H,7,9,11-13,15,24H2,1H3. The third kappa shape index (κ3) is 3.88. The van der Waals surface area contributed by atoms with Crippen LogP contribution in [0.4, 0.5) is 0 Å². The van der Waals surface area contributed by atoms with Crippen molar-refractivity contribution in [2.45, 2.75) is 31.5 Å². The fraction of sp³-hybridized carbons (Fsp3) is 0.478. The van der Waals surface area contributed by atoms with E-state index in [-0.39, 0.29) is 6.29 Å². The molecular formula is C23H29NO3. The van der Waals surface area contributed by atoms with Gasteiger partial charge in [0.15, 0.2) is 6.29 Å². The summed E-state index contributed by atoms with van der Waals surface area (Å²) in [6.07, 6.45) is 2.97. The molecule has 4 heteroatoms. The molecule has 0 bridgehead atoms. The van der Waals surface area contributed by atoms with Crippen LogP contribution in [0.15, 0.2) is 48.5 Å². The van der Waals surface area contributed by atoms with Gasteiger partial charge in [0.1, 0.15) is 5.75 Å². The Morgan fingerprint density at radius 2 is 1.89 bits per heavy atom. The number of methoxy groups -OCH3 is 1. The molecule has 2 aromatic carbocycles. The zero-order chi connectivity index (χ0) is 18.6. The molecule has 0 aromatic heterocycles. The van der Waals surface area contributed by atoms with Crippen molar-refractivity contribution in [1.82, 2.24) is 0 Å². The van der Waals surface area contributed by atoms with Gasteiger partial charge in [-0.05, 0) is 66.5 Å². The summed E-state index contributed by atoms with van der Waals surface area (Å²) < 4.78 is 17.4. The van der Waals surface area contributed by atoms with Gasteiger partial charge in [-0.25, -0.2) is 0 Å². The van der Waals surface area contributed by atoms with E-state index in [2.05, 4.69) is 48.5 Å². The Balaban J connectivity index is 1.64. The molecule has 2 N–H and O–H groups in total. The van der Waals surface area contributed by atoms with Gasteiger partial charge in [0.25, 0.3) is 0 Å². The molecule has 3 unspecified atom stereocenters. The van der Waals surface area contributed by atoms with Crippen LogP contribution in [0.2, 0.25) is 0 Å². The average Bonchev–Trinajstić information content (AvgIpc) is 3.26. The molecule has 1 aliphatic carbocycles. The van der Waals surface area contributed by atoms with Crippen LogP contribution in [-0.2, 0) is 22.3 Å². The number of ether oxygens (including phenoxy) is 3. The molecule has 0 spiro atoms. The number of benzene rings is 2. The largest absolute Gasteiger partial charge is 0.497 e. The van der Waals surface area contributed by atoms with E-state index in [4.69, 9.17) is 19.9 Å². The molecule has 2 aromatic rings. The van der Waals surface area contributed by atoms with Crippen LogP contribution >= 0.6 is 0 Å². The Hall–Kier alpha value is -1.88. The average molecular weight is 367 g/mol. The van der Waals surface area contributed by atoms with Crippen molar-refractivity contribution >= 4 is 0 Å². The van der Waals surface area contributed by atoms with Crippen LogP contribution in [-0.4, -0.2) is 33.2 Å². The summed E-state index contributed by atoms with van der Waals surface area (Å²) in [5, 5.41) is 0. The minimum absolute atomic E-state index is 0.135. The molecule has 1 heterocycles. The molecule has 0 radical (unpaired) electrons. The molecule has 144 valence electrons. The Kier molecular flexibility index (Phi) is 5.77. The predicted octanol–water partition coefficient (Wildman–Crippen LogP) is 3.53. The fourth-order valence-electron chi connectivity index (χ4n) is 4.82. The first kappa shape index (κ1) is 18.5. The van der Waals surface area contributed by atoms with Crippen molar-refractivity contribution in [3.63, 3.8) is 0 Å². The van der Waals surface area contributed by atoms with Crippen molar-refractivity contribution in [3.05, 3.63) is 65.2 Å². The number of fused-ring (bicyclic) bond motifs is 1.